The van der Waals surface area contributed by atoms with Crippen LogP contribution >= 0.6 is 11.8 Å². The second-order valence-corrected chi connectivity index (χ2v) is 5.38. The molecule has 1 heterocycles. The van der Waals surface area contributed by atoms with Crippen LogP contribution in [0.2, 0.25) is 0 Å². The normalized spacial score (nSPS) is 25.8. The Bertz CT molecular complexity index is 106. The minimum absolute atomic E-state index is 0.846. The molecule has 72 valence electrons. The highest BCUT2D eigenvalue weighted by Gasteiger charge is 2.11. The van der Waals surface area contributed by atoms with Crippen molar-refractivity contribution < 1.29 is 0 Å². The Morgan fingerprint density at radius 3 is 3.00 bits per heavy atom. The van der Waals surface area contributed by atoms with Crippen molar-refractivity contribution >= 4 is 11.8 Å². The highest BCUT2D eigenvalue weighted by atomic mass is 32.2. The van der Waals surface area contributed by atoms with Crippen LogP contribution in [-0.2, 0) is 0 Å². The molecule has 2 heteroatoms. The molecule has 0 bridgehead atoms. The Kier molecular flexibility index (Phi) is 5.08. The van der Waals surface area contributed by atoms with Crippen LogP contribution in [-0.4, -0.2) is 24.1 Å². The van der Waals surface area contributed by atoms with Gasteiger partial charge in [0.2, 0.25) is 0 Å². The first-order valence-electron chi connectivity index (χ1n) is 5.11. The Hall–Kier alpha value is 0.310. The van der Waals surface area contributed by atoms with E-state index in [1.165, 1.54) is 38.1 Å². The van der Waals surface area contributed by atoms with Crippen molar-refractivity contribution in [3.63, 3.8) is 0 Å². The zero-order valence-corrected chi connectivity index (χ0v) is 9.12. The third kappa shape index (κ3) is 4.36. The third-order valence-electron chi connectivity index (χ3n) is 2.17. The van der Waals surface area contributed by atoms with Crippen molar-refractivity contribution in [2.24, 2.45) is 5.92 Å². The highest BCUT2D eigenvalue weighted by molar-refractivity contribution is 7.99. The second-order valence-electron chi connectivity index (χ2n) is 4.05. The van der Waals surface area contributed by atoms with Gasteiger partial charge < -0.3 is 5.32 Å². The first-order chi connectivity index (χ1) is 5.79. The smallest absolute Gasteiger partial charge is 0.0172 e. The summed E-state index contributed by atoms with van der Waals surface area (Å²) in [5.41, 5.74) is 0. The molecule has 1 rings (SSSR count). The summed E-state index contributed by atoms with van der Waals surface area (Å²) in [5, 5.41) is 4.38. The lowest BCUT2D eigenvalue weighted by molar-refractivity contribution is 0.703. The van der Waals surface area contributed by atoms with Crippen molar-refractivity contribution in [1.29, 1.82) is 0 Å². The molecule has 1 N–H and O–H groups in total. The van der Waals surface area contributed by atoms with Gasteiger partial charge >= 0.3 is 0 Å². The van der Waals surface area contributed by atoms with Crippen LogP contribution in [0.15, 0.2) is 0 Å². The number of thioether (sulfide) groups is 1. The molecule has 0 aliphatic carbocycles. The van der Waals surface area contributed by atoms with Gasteiger partial charge in [-0.05, 0) is 31.1 Å². The van der Waals surface area contributed by atoms with Crippen LogP contribution < -0.4 is 5.32 Å². The summed E-state index contributed by atoms with van der Waals surface area (Å²) in [5.74, 6) is 2.17. The summed E-state index contributed by atoms with van der Waals surface area (Å²) in [4.78, 5) is 0. The predicted octanol–water partition coefficient (Wildman–Crippen LogP) is 2.52. The fraction of sp³-hybridized carbons (Fsp3) is 1.00. The molecule has 1 fully saturated rings. The van der Waals surface area contributed by atoms with Gasteiger partial charge in [0.1, 0.15) is 0 Å². The lowest BCUT2D eigenvalue weighted by Crippen LogP contribution is -2.22. The molecule has 0 aromatic heterocycles. The maximum Gasteiger partial charge on any atom is 0.0172 e. The van der Waals surface area contributed by atoms with E-state index in [1.807, 2.05) is 0 Å². The molecule has 1 nitrogen and oxygen atoms in total. The lowest BCUT2D eigenvalue weighted by atomic mass is 10.2. The summed E-state index contributed by atoms with van der Waals surface area (Å²) in [6.07, 6.45) is 4.21. The largest absolute Gasteiger partial charge is 0.316 e. The first kappa shape index (κ1) is 10.4. The molecular weight excluding hydrogens is 166 g/mol. The van der Waals surface area contributed by atoms with Gasteiger partial charge in [-0.1, -0.05) is 20.3 Å². The van der Waals surface area contributed by atoms with Crippen LogP contribution in [0, 0.1) is 5.92 Å². The molecule has 0 radical (unpaired) electrons. The van der Waals surface area contributed by atoms with E-state index in [4.69, 9.17) is 0 Å². The van der Waals surface area contributed by atoms with Gasteiger partial charge in [-0.2, -0.15) is 11.8 Å². The SMILES string of the molecule is CC(C)CSC1CCCCNC1. The minimum atomic E-state index is 0.846. The van der Waals surface area contributed by atoms with Gasteiger partial charge in [-0.3, -0.25) is 0 Å². The molecule has 1 aliphatic heterocycles. The minimum Gasteiger partial charge on any atom is -0.316 e. The van der Waals surface area contributed by atoms with Crippen molar-refractivity contribution in [1.82, 2.24) is 5.32 Å². The van der Waals surface area contributed by atoms with Crippen LogP contribution in [0.4, 0.5) is 0 Å². The fourth-order valence-electron chi connectivity index (χ4n) is 1.46. The molecule has 1 unspecified atom stereocenters. The summed E-state index contributed by atoms with van der Waals surface area (Å²) in [6, 6.07) is 0. The van der Waals surface area contributed by atoms with Gasteiger partial charge in [-0.15, -0.1) is 0 Å². The maximum atomic E-state index is 3.50. The molecule has 1 aliphatic rings. The summed E-state index contributed by atoms with van der Waals surface area (Å²) in [7, 11) is 0. The molecule has 0 aromatic rings. The predicted molar refractivity (Wildman–Crippen MR) is 57.8 cm³/mol. The molecule has 1 atom stereocenters. The van der Waals surface area contributed by atoms with E-state index < -0.39 is 0 Å². The monoisotopic (exact) mass is 187 g/mol. The van der Waals surface area contributed by atoms with E-state index in [-0.39, 0.29) is 0 Å². The highest BCUT2D eigenvalue weighted by Crippen LogP contribution is 2.20. The Balaban J connectivity index is 2.12. The van der Waals surface area contributed by atoms with E-state index in [1.54, 1.807) is 0 Å². The Morgan fingerprint density at radius 1 is 1.42 bits per heavy atom. The molecule has 1 saturated heterocycles. The van der Waals surface area contributed by atoms with E-state index in [0.29, 0.717) is 0 Å². The van der Waals surface area contributed by atoms with E-state index in [0.717, 1.165) is 11.2 Å². The summed E-state index contributed by atoms with van der Waals surface area (Å²) >= 11 is 2.16. The number of nitrogens with one attached hydrogen (secondary N) is 1. The summed E-state index contributed by atoms with van der Waals surface area (Å²) < 4.78 is 0. The number of hydrogen-bond acceptors (Lipinski definition) is 2. The molecule has 0 saturated carbocycles. The van der Waals surface area contributed by atoms with E-state index >= 15 is 0 Å². The molecule has 0 amide bonds. The molecule has 0 aromatic carbocycles. The zero-order chi connectivity index (χ0) is 8.81. The molecule has 0 spiro atoms. The van der Waals surface area contributed by atoms with Crippen LogP contribution in [0.1, 0.15) is 33.1 Å². The number of hydrogen-bond donors (Lipinski definition) is 1. The van der Waals surface area contributed by atoms with Crippen LogP contribution in [0.3, 0.4) is 0 Å². The Labute approximate surface area is 80.7 Å². The molecule has 12 heavy (non-hydrogen) atoms. The fourth-order valence-corrected chi connectivity index (χ4v) is 2.68. The second kappa shape index (κ2) is 5.87. The standard InChI is InChI=1S/C10H21NS/c1-9(2)8-12-10-5-3-4-6-11-7-10/h9-11H,3-8H2,1-2H3. The van der Waals surface area contributed by atoms with Crippen molar-refractivity contribution in [2.45, 2.75) is 38.4 Å². The van der Waals surface area contributed by atoms with Crippen LogP contribution in [0.25, 0.3) is 0 Å². The third-order valence-corrected chi connectivity index (χ3v) is 3.90. The van der Waals surface area contributed by atoms with Gasteiger partial charge in [0.25, 0.3) is 0 Å². The summed E-state index contributed by atoms with van der Waals surface area (Å²) in [6.45, 7) is 7.07. The van der Waals surface area contributed by atoms with E-state index in [9.17, 15) is 0 Å². The molecular formula is C10H21NS. The van der Waals surface area contributed by atoms with Crippen molar-refractivity contribution in [3.05, 3.63) is 0 Å². The zero-order valence-electron chi connectivity index (χ0n) is 8.31. The van der Waals surface area contributed by atoms with Gasteiger partial charge in [0.15, 0.2) is 0 Å². The van der Waals surface area contributed by atoms with Crippen molar-refractivity contribution in [3.8, 4) is 0 Å². The average molecular weight is 187 g/mol. The van der Waals surface area contributed by atoms with Gasteiger partial charge in [0.05, 0.1) is 0 Å². The van der Waals surface area contributed by atoms with Crippen LogP contribution in [0.5, 0.6) is 0 Å². The quantitative estimate of drug-likeness (QED) is 0.728. The number of rotatable bonds is 3. The lowest BCUT2D eigenvalue weighted by Gasteiger charge is -2.14. The van der Waals surface area contributed by atoms with Gasteiger partial charge in [0, 0.05) is 11.8 Å². The maximum absolute atomic E-state index is 3.50. The first-order valence-corrected chi connectivity index (χ1v) is 6.16. The topological polar surface area (TPSA) is 12.0 Å². The Morgan fingerprint density at radius 2 is 2.25 bits per heavy atom. The van der Waals surface area contributed by atoms with Crippen molar-refractivity contribution in [2.75, 3.05) is 18.8 Å². The van der Waals surface area contributed by atoms with Gasteiger partial charge in [-0.25, -0.2) is 0 Å². The van der Waals surface area contributed by atoms with E-state index in [2.05, 4.69) is 30.9 Å². The average Bonchev–Trinajstić information content (AvgIpc) is 2.28.